The molecule has 0 fully saturated rings. The van der Waals surface area contributed by atoms with E-state index in [0.717, 1.165) is 22.2 Å². The molecule has 2 heterocycles. The van der Waals surface area contributed by atoms with Crippen molar-refractivity contribution in [3.63, 3.8) is 0 Å². The minimum absolute atomic E-state index is 0.245. The molecular formula is C24H28N4O3. The number of hydrogen-bond acceptors (Lipinski definition) is 4. The Labute approximate surface area is 181 Å². The number of carbonyl (C=O) groups excluding carboxylic acids is 2. The summed E-state index contributed by atoms with van der Waals surface area (Å²) in [5.74, 6) is -0.245. The molecule has 1 aromatic carbocycles. The molecule has 1 unspecified atom stereocenters. The highest BCUT2D eigenvalue weighted by Gasteiger charge is 2.18. The Bertz CT molecular complexity index is 1050. The third-order valence-corrected chi connectivity index (χ3v) is 4.46. The number of rotatable bonds is 7. The second kappa shape index (κ2) is 9.93. The van der Waals surface area contributed by atoms with Crippen molar-refractivity contribution in [2.24, 2.45) is 0 Å². The Morgan fingerprint density at radius 1 is 1.16 bits per heavy atom. The number of H-pyrrole nitrogens is 1. The number of nitrogens with one attached hydrogen (secondary N) is 3. The normalized spacial score (nSPS) is 12.6. The molecule has 0 saturated carbocycles. The Kier molecular flexibility index (Phi) is 7.07. The van der Waals surface area contributed by atoms with Crippen LogP contribution in [0.3, 0.4) is 0 Å². The Hall–Kier alpha value is -3.61. The van der Waals surface area contributed by atoms with E-state index in [1.807, 2.05) is 48.7 Å². The number of ether oxygens (including phenoxy) is 1. The predicted molar refractivity (Wildman–Crippen MR) is 121 cm³/mol. The summed E-state index contributed by atoms with van der Waals surface area (Å²) in [5, 5.41) is 6.66. The average molecular weight is 421 g/mol. The molecule has 0 spiro atoms. The highest BCUT2D eigenvalue weighted by atomic mass is 16.6. The monoisotopic (exact) mass is 420 g/mol. The van der Waals surface area contributed by atoms with E-state index in [4.69, 9.17) is 4.74 Å². The largest absolute Gasteiger partial charge is 0.444 e. The maximum absolute atomic E-state index is 12.6. The van der Waals surface area contributed by atoms with E-state index in [1.165, 1.54) is 6.08 Å². The van der Waals surface area contributed by atoms with Crippen LogP contribution in [0, 0.1) is 0 Å². The summed E-state index contributed by atoms with van der Waals surface area (Å²) in [7, 11) is 0. The molecule has 0 saturated heterocycles. The summed E-state index contributed by atoms with van der Waals surface area (Å²) in [5.41, 5.74) is 2.13. The molecule has 0 aliphatic rings. The smallest absolute Gasteiger partial charge is 0.407 e. The maximum atomic E-state index is 12.6. The minimum atomic E-state index is -0.584. The molecule has 0 aliphatic heterocycles. The van der Waals surface area contributed by atoms with Crippen molar-refractivity contribution in [1.82, 2.24) is 20.6 Å². The minimum Gasteiger partial charge on any atom is -0.444 e. The van der Waals surface area contributed by atoms with Crippen molar-refractivity contribution in [3.05, 3.63) is 72.1 Å². The summed E-state index contributed by atoms with van der Waals surface area (Å²) in [6.07, 6.45) is 6.82. The zero-order valence-electron chi connectivity index (χ0n) is 18.0. The van der Waals surface area contributed by atoms with Gasteiger partial charge < -0.3 is 20.4 Å². The molecule has 7 nitrogen and oxygen atoms in total. The van der Waals surface area contributed by atoms with E-state index in [9.17, 15) is 9.59 Å². The lowest BCUT2D eigenvalue weighted by molar-refractivity contribution is -0.117. The van der Waals surface area contributed by atoms with Gasteiger partial charge in [-0.25, -0.2) is 9.78 Å². The van der Waals surface area contributed by atoms with Gasteiger partial charge in [0.1, 0.15) is 11.2 Å². The number of hydrogen-bond donors (Lipinski definition) is 3. The first-order chi connectivity index (χ1) is 14.8. The Balaban J connectivity index is 1.65. The lowest BCUT2D eigenvalue weighted by atomic mass is 10.1. The van der Waals surface area contributed by atoms with E-state index in [0.29, 0.717) is 6.42 Å². The summed E-state index contributed by atoms with van der Waals surface area (Å²) in [6, 6.07) is 13.3. The van der Waals surface area contributed by atoms with Crippen LogP contribution in [0.15, 0.2) is 60.9 Å². The van der Waals surface area contributed by atoms with Crippen LogP contribution in [0.25, 0.3) is 17.1 Å². The van der Waals surface area contributed by atoms with Crippen LogP contribution in [0.4, 0.5) is 4.79 Å². The van der Waals surface area contributed by atoms with Gasteiger partial charge in [0, 0.05) is 36.0 Å². The molecule has 162 valence electrons. The van der Waals surface area contributed by atoms with E-state index in [1.54, 1.807) is 33.0 Å². The van der Waals surface area contributed by atoms with Crippen LogP contribution in [0.2, 0.25) is 0 Å². The first-order valence-corrected chi connectivity index (χ1v) is 10.2. The molecule has 2 amide bonds. The number of benzene rings is 1. The molecular weight excluding hydrogens is 392 g/mol. The van der Waals surface area contributed by atoms with Crippen LogP contribution in [0.5, 0.6) is 0 Å². The fraction of sp³-hybridized carbons (Fsp3) is 0.292. The molecule has 7 heteroatoms. The van der Waals surface area contributed by atoms with Crippen LogP contribution in [0.1, 0.15) is 31.9 Å². The summed E-state index contributed by atoms with van der Waals surface area (Å²) >= 11 is 0. The molecule has 3 aromatic rings. The molecule has 31 heavy (non-hydrogen) atoms. The molecule has 2 aromatic heterocycles. The summed E-state index contributed by atoms with van der Waals surface area (Å²) < 4.78 is 5.29. The number of pyridine rings is 1. The fourth-order valence-electron chi connectivity index (χ4n) is 3.12. The van der Waals surface area contributed by atoms with Crippen LogP contribution in [-0.2, 0) is 16.0 Å². The second-order valence-corrected chi connectivity index (χ2v) is 8.25. The number of aromatic nitrogens is 2. The van der Waals surface area contributed by atoms with Gasteiger partial charge in [0.2, 0.25) is 5.91 Å². The van der Waals surface area contributed by atoms with Gasteiger partial charge in [-0.2, -0.15) is 0 Å². The van der Waals surface area contributed by atoms with Gasteiger partial charge in [-0.15, -0.1) is 0 Å². The van der Waals surface area contributed by atoms with Crippen LogP contribution < -0.4 is 10.6 Å². The Morgan fingerprint density at radius 3 is 2.68 bits per heavy atom. The number of nitrogens with zero attached hydrogens (tertiary/aromatic N) is 1. The third-order valence-electron chi connectivity index (χ3n) is 4.46. The van der Waals surface area contributed by atoms with Crippen molar-refractivity contribution in [2.75, 3.05) is 6.54 Å². The number of amides is 2. The molecule has 3 rings (SSSR count). The maximum Gasteiger partial charge on any atom is 0.407 e. The molecule has 0 aliphatic carbocycles. The fourth-order valence-corrected chi connectivity index (χ4v) is 3.12. The summed E-state index contributed by atoms with van der Waals surface area (Å²) in [6.45, 7) is 5.67. The summed E-state index contributed by atoms with van der Waals surface area (Å²) in [4.78, 5) is 31.9. The topological polar surface area (TPSA) is 96.1 Å². The van der Waals surface area contributed by atoms with Crippen molar-refractivity contribution < 1.29 is 14.3 Å². The lowest BCUT2D eigenvalue weighted by Gasteiger charge is -2.22. The van der Waals surface area contributed by atoms with E-state index in [2.05, 4.69) is 20.6 Å². The molecule has 0 bridgehead atoms. The van der Waals surface area contributed by atoms with Crippen molar-refractivity contribution in [1.29, 1.82) is 0 Å². The molecule has 0 radical (unpaired) electrons. The van der Waals surface area contributed by atoms with Crippen LogP contribution >= 0.6 is 0 Å². The van der Waals surface area contributed by atoms with Gasteiger partial charge >= 0.3 is 6.09 Å². The average Bonchev–Trinajstić information content (AvgIpc) is 3.13. The van der Waals surface area contributed by atoms with E-state index < -0.39 is 11.7 Å². The van der Waals surface area contributed by atoms with Crippen molar-refractivity contribution in [3.8, 4) is 0 Å². The first kappa shape index (κ1) is 22.1. The van der Waals surface area contributed by atoms with E-state index in [-0.39, 0.29) is 18.5 Å². The molecule has 3 N–H and O–H groups in total. The predicted octanol–water partition coefficient (Wildman–Crippen LogP) is 3.83. The first-order valence-electron chi connectivity index (χ1n) is 10.2. The lowest BCUT2D eigenvalue weighted by Crippen LogP contribution is -2.45. The van der Waals surface area contributed by atoms with Gasteiger partial charge in [-0.05, 0) is 51.0 Å². The zero-order valence-corrected chi connectivity index (χ0v) is 18.0. The van der Waals surface area contributed by atoms with Gasteiger partial charge in [0.25, 0.3) is 0 Å². The number of fused-ring (bicyclic) bond motifs is 1. The third kappa shape index (κ3) is 6.99. The van der Waals surface area contributed by atoms with E-state index >= 15 is 0 Å². The number of aromatic amines is 1. The van der Waals surface area contributed by atoms with Crippen LogP contribution in [-0.4, -0.2) is 40.2 Å². The van der Waals surface area contributed by atoms with Gasteiger partial charge in [-0.1, -0.05) is 30.3 Å². The Morgan fingerprint density at radius 2 is 1.94 bits per heavy atom. The number of carbonyl (C=O) groups is 2. The molecule has 1 atom stereocenters. The van der Waals surface area contributed by atoms with Gasteiger partial charge in [0.15, 0.2) is 0 Å². The van der Waals surface area contributed by atoms with Gasteiger partial charge in [-0.3, -0.25) is 4.79 Å². The SMILES string of the molecule is CC(C)(C)OC(=O)NCC(Cc1ccccc1)NC(=O)/C=C/c1c[nH]c2ncccc12. The van der Waals surface area contributed by atoms with Gasteiger partial charge in [0.05, 0.1) is 6.04 Å². The van der Waals surface area contributed by atoms with Crippen molar-refractivity contribution >= 4 is 29.1 Å². The highest BCUT2D eigenvalue weighted by Crippen LogP contribution is 2.16. The van der Waals surface area contributed by atoms with Crippen molar-refractivity contribution in [2.45, 2.75) is 38.8 Å². The quantitative estimate of drug-likeness (QED) is 0.506. The standard InChI is InChI=1S/C24H28N4O3/c1-24(2,3)31-23(30)27-16-19(14-17-8-5-4-6-9-17)28-21(29)12-11-18-15-26-22-20(18)10-7-13-25-22/h4-13,15,19H,14,16H2,1-3H3,(H,25,26)(H,27,30)(H,28,29)/b12-11+. The number of alkyl carbamates (subject to hydrolysis) is 1. The zero-order chi connectivity index (χ0) is 22.3. The highest BCUT2D eigenvalue weighted by molar-refractivity contribution is 5.95. The second-order valence-electron chi connectivity index (χ2n) is 8.25.